The van der Waals surface area contributed by atoms with Crippen LogP contribution in [0.15, 0.2) is 121 Å². The van der Waals surface area contributed by atoms with Gasteiger partial charge in [-0.15, -0.1) is 0 Å². The molecule has 0 atom stereocenters. The predicted octanol–water partition coefficient (Wildman–Crippen LogP) is 8.72. The normalized spacial score (nSPS) is 12.8. The lowest BCUT2D eigenvalue weighted by Gasteiger charge is -2.21. The van der Waals surface area contributed by atoms with E-state index in [2.05, 4.69) is 74.5 Å². The van der Waals surface area contributed by atoms with E-state index in [9.17, 15) is 5.26 Å². The van der Waals surface area contributed by atoms with E-state index in [1.54, 1.807) is 0 Å². The van der Waals surface area contributed by atoms with Crippen molar-refractivity contribution in [2.24, 2.45) is 0 Å². The molecule has 0 amide bonds. The molecule has 0 N–H and O–H groups in total. The quantitative estimate of drug-likeness (QED) is 0.230. The first-order valence-electron chi connectivity index (χ1n) is 13.7. The summed E-state index contributed by atoms with van der Waals surface area (Å²) >= 11 is 0. The van der Waals surface area contributed by atoms with Gasteiger partial charge in [-0.3, -0.25) is 0 Å². The first-order valence-corrected chi connectivity index (χ1v) is 13.7. The van der Waals surface area contributed by atoms with Gasteiger partial charge in [0.1, 0.15) is 0 Å². The third-order valence-corrected chi connectivity index (χ3v) is 7.98. The average molecular weight is 527 g/mol. The summed E-state index contributed by atoms with van der Waals surface area (Å²) in [5.41, 5.74) is 10.6. The molecule has 0 radical (unpaired) electrons. The zero-order chi connectivity index (χ0) is 28.0. The summed E-state index contributed by atoms with van der Waals surface area (Å²) < 4.78 is 0. The molecule has 1 aliphatic carbocycles. The molecule has 0 fully saturated rings. The van der Waals surface area contributed by atoms with Crippen LogP contribution >= 0.6 is 0 Å². The van der Waals surface area contributed by atoms with E-state index < -0.39 is 0 Å². The van der Waals surface area contributed by atoms with E-state index in [1.807, 2.05) is 66.7 Å². The van der Waals surface area contributed by atoms with Crippen LogP contribution in [0, 0.1) is 11.3 Å². The lowest BCUT2D eigenvalue weighted by molar-refractivity contribution is 0.660. The van der Waals surface area contributed by atoms with E-state index in [0.717, 1.165) is 27.8 Å². The standard InChI is InChI=1S/C37H26N4/c1-37(2)32-14-7-6-13-30(32)31-20-19-29(22-33(31)37)36-40-34(26-9-4-3-5-10-26)39-35(41-36)28-12-8-11-27(21-28)25-17-15-24(23-38)16-18-25/h3-22H,1-2H3. The maximum absolute atomic E-state index is 9.19. The summed E-state index contributed by atoms with van der Waals surface area (Å²) in [5, 5.41) is 9.19. The SMILES string of the molecule is CC1(C)c2ccccc2-c2ccc(-c3nc(-c4ccccc4)nc(-c4cccc(-c5ccc(C#N)cc5)c4)n3)cc21. The van der Waals surface area contributed by atoms with E-state index >= 15 is 0 Å². The molecule has 1 aromatic heterocycles. The van der Waals surface area contributed by atoms with Crippen LogP contribution in [-0.4, -0.2) is 15.0 Å². The van der Waals surface area contributed by atoms with Crippen molar-refractivity contribution in [3.8, 4) is 62.5 Å². The fourth-order valence-electron chi connectivity index (χ4n) is 5.77. The second-order valence-electron chi connectivity index (χ2n) is 10.9. The molecule has 6 aromatic rings. The number of nitrogens with zero attached hydrogens (tertiary/aromatic N) is 4. The van der Waals surface area contributed by atoms with Crippen LogP contribution in [0.2, 0.25) is 0 Å². The Kier molecular flexibility index (Phi) is 5.80. The highest BCUT2D eigenvalue weighted by molar-refractivity contribution is 5.83. The molecular weight excluding hydrogens is 500 g/mol. The summed E-state index contributed by atoms with van der Waals surface area (Å²) in [6.45, 7) is 4.56. The maximum atomic E-state index is 9.19. The zero-order valence-corrected chi connectivity index (χ0v) is 22.8. The minimum Gasteiger partial charge on any atom is -0.208 e. The van der Waals surface area contributed by atoms with Crippen LogP contribution < -0.4 is 0 Å². The number of aromatic nitrogens is 3. The van der Waals surface area contributed by atoms with Gasteiger partial charge in [-0.25, -0.2) is 15.0 Å². The third kappa shape index (κ3) is 4.29. The van der Waals surface area contributed by atoms with E-state index in [1.165, 1.54) is 22.3 Å². The minimum atomic E-state index is -0.116. The number of fused-ring (bicyclic) bond motifs is 3. The molecule has 0 bridgehead atoms. The molecule has 194 valence electrons. The first-order chi connectivity index (χ1) is 20.0. The monoisotopic (exact) mass is 526 g/mol. The van der Waals surface area contributed by atoms with Crippen molar-refractivity contribution in [2.75, 3.05) is 0 Å². The van der Waals surface area contributed by atoms with E-state index in [-0.39, 0.29) is 5.41 Å². The Morgan fingerprint density at radius 1 is 0.488 bits per heavy atom. The van der Waals surface area contributed by atoms with Gasteiger partial charge in [-0.1, -0.05) is 111 Å². The lowest BCUT2D eigenvalue weighted by atomic mass is 9.82. The number of nitriles is 1. The highest BCUT2D eigenvalue weighted by Gasteiger charge is 2.35. The van der Waals surface area contributed by atoms with E-state index in [4.69, 9.17) is 15.0 Å². The second-order valence-corrected chi connectivity index (χ2v) is 10.9. The van der Waals surface area contributed by atoms with Crippen molar-refractivity contribution >= 4 is 0 Å². The van der Waals surface area contributed by atoms with Crippen molar-refractivity contribution in [1.82, 2.24) is 15.0 Å². The van der Waals surface area contributed by atoms with Gasteiger partial charge in [-0.05, 0) is 57.6 Å². The molecule has 1 heterocycles. The average Bonchev–Trinajstić information content (AvgIpc) is 3.27. The Morgan fingerprint density at radius 3 is 1.78 bits per heavy atom. The molecule has 0 unspecified atom stereocenters. The Morgan fingerprint density at radius 2 is 1.05 bits per heavy atom. The Hall–Kier alpha value is -5.40. The van der Waals surface area contributed by atoms with Crippen LogP contribution in [0.3, 0.4) is 0 Å². The van der Waals surface area contributed by atoms with Crippen LogP contribution in [-0.2, 0) is 5.41 Å². The topological polar surface area (TPSA) is 62.5 Å². The number of hydrogen-bond donors (Lipinski definition) is 0. The maximum Gasteiger partial charge on any atom is 0.164 e. The van der Waals surface area contributed by atoms with Crippen molar-refractivity contribution < 1.29 is 0 Å². The number of hydrogen-bond acceptors (Lipinski definition) is 4. The molecule has 1 aliphatic rings. The first kappa shape index (κ1) is 24.6. The van der Waals surface area contributed by atoms with Gasteiger partial charge < -0.3 is 0 Å². The molecular formula is C37H26N4. The minimum absolute atomic E-state index is 0.116. The largest absolute Gasteiger partial charge is 0.208 e. The molecule has 0 saturated heterocycles. The number of rotatable bonds is 4. The zero-order valence-electron chi connectivity index (χ0n) is 22.8. The highest BCUT2D eigenvalue weighted by atomic mass is 15.0. The molecule has 0 spiro atoms. The fourth-order valence-corrected chi connectivity index (χ4v) is 5.77. The summed E-state index contributed by atoms with van der Waals surface area (Å²) in [5.74, 6) is 1.90. The predicted molar refractivity (Wildman–Crippen MR) is 164 cm³/mol. The molecule has 0 saturated carbocycles. The Balaban J connectivity index is 1.37. The Bertz CT molecular complexity index is 1970. The van der Waals surface area contributed by atoms with Gasteiger partial charge in [-0.2, -0.15) is 5.26 Å². The molecule has 5 aromatic carbocycles. The van der Waals surface area contributed by atoms with Crippen LogP contribution in [0.4, 0.5) is 0 Å². The van der Waals surface area contributed by atoms with Crippen molar-refractivity contribution in [3.05, 3.63) is 138 Å². The van der Waals surface area contributed by atoms with Crippen molar-refractivity contribution in [2.45, 2.75) is 19.3 Å². The Labute approximate surface area is 239 Å². The van der Waals surface area contributed by atoms with Crippen LogP contribution in [0.5, 0.6) is 0 Å². The van der Waals surface area contributed by atoms with Crippen LogP contribution in [0.1, 0.15) is 30.5 Å². The smallest absolute Gasteiger partial charge is 0.164 e. The highest BCUT2D eigenvalue weighted by Crippen LogP contribution is 2.49. The summed E-state index contributed by atoms with van der Waals surface area (Å²) in [6, 6.07) is 43.3. The van der Waals surface area contributed by atoms with Gasteiger partial charge in [0, 0.05) is 22.1 Å². The molecule has 4 nitrogen and oxygen atoms in total. The van der Waals surface area contributed by atoms with Crippen molar-refractivity contribution in [1.29, 1.82) is 5.26 Å². The van der Waals surface area contributed by atoms with Gasteiger partial charge in [0.05, 0.1) is 11.6 Å². The van der Waals surface area contributed by atoms with Gasteiger partial charge in [0.2, 0.25) is 0 Å². The lowest BCUT2D eigenvalue weighted by Crippen LogP contribution is -2.15. The summed E-state index contributed by atoms with van der Waals surface area (Å²) in [4.78, 5) is 14.9. The molecule has 4 heteroatoms. The van der Waals surface area contributed by atoms with Gasteiger partial charge >= 0.3 is 0 Å². The van der Waals surface area contributed by atoms with E-state index in [0.29, 0.717) is 23.0 Å². The molecule has 41 heavy (non-hydrogen) atoms. The molecule has 0 aliphatic heterocycles. The third-order valence-electron chi connectivity index (χ3n) is 7.98. The second kappa shape index (κ2) is 9.66. The number of benzene rings is 5. The van der Waals surface area contributed by atoms with Gasteiger partial charge in [0.15, 0.2) is 17.5 Å². The fraction of sp³-hybridized carbons (Fsp3) is 0.0811. The van der Waals surface area contributed by atoms with Crippen LogP contribution in [0.25, 0.3) is 56.4 Å². The van der Waals surface area contributed by atoms with Gasteiger partial charge in [0.25, 0.3) is 0 Å². The van der Waals surface area contributed by atoms with Crippen molar-refractivity contribution in [3.63, 3.8) is 0 Å². The molecule has 7 rings (SSSR count). The summed E-state index contributed by atoms with van der Waals surface area (Å²) in [6.07, 6.45) is 0. The summed E-state index contributed by atoms with van der Waals surface area (Å²) in [7, 11) is 0.